The van der Waals surface area contributed by atoms with Crippen molar-refractivity contribution >= 4 is 34.9 Å². The average molecular weight is 459 g/mol. The molecule has 32 heavy (non-hydrogen) atoms. The van der Waals surface area contributed by atoms with Gasteiger partial charge in [-0.25, -0.2) is 4.39 Å². The second kappa shape index (κ2) is 7.48. The Labute approximate surface area is 188 Å². The SMILES string of the molecule is O=C(COc1ccc(Cl)c(F)c1)CC12CC(NC(=O)c3ccc4c(c3)OCC(=O)N4)(C1)C2. The summed E-state index contributed by atoms with van der Waals surface area (Å²) in [7, 11) is 0. The van der Waals surface area contributed by atoms with Gasteiger partial charge in [-0.2, -0.15) is 0 Å². The van der Waals surface area contributed by atoms with Crippen molar-refractivity contribution in [1.82, 2.24) is 5.32 Å². The highest BCUT2D eigenvalue weighted by Crippen LogP contribution is 2.69. The van der Waals surface area contributed by atoms with Crippen LogP contribution in [-0.4, -0.2) is 36.4 Å². The van der Waals surface area contributed by atoms with E-state index in [4.69, 9.17) is 21.1 Å². The van der Waals surface area contributed by atoms with Crippen LogP contribution in [-0.2, 0) is 9.59 Å². The van der Waals surface area contributed by atoms with Crippen molar-refractivity contribution in [2.45, 2.75) is 31.2 Å². The van der Waals surface area contributed by atoms with Crippen molar-refractivity contribution in [2.24, 2.45) is 5.41 Å². The standard InChI is InChI=1S/C23H20ClFN2O5/c24-16-3-2-15(6-17(16)25)31-8-14(28)7-22-10-23(11-22,12-22)27-21(30)13-1-4-18-19(5-13)32-9-20(29)26-18/h1-6H,7-12H2,(H,26,29)(H,27,30). The van der Waals surface area contributed by atoms with Gasteiger partial charge in [-0.05, 0) is 55.0 Å². The molecule has 0 radical (unpaired) electrons. The molecule has 0 unspecified atom stereocenters. The Morgan fingerprint density at radius 2 is 1.97 bits per heavy atom. The third kappa shape index (κ3) is 3.79. The average Bonchev–Trinajstić information content (AvgIpc) is 2.71. The van der Waals surface area contributed by atoms with E-state index in [1.54, 1.807) is 18.2 Å². The van der Waals surface area contributed by atoms with Crippen LogP contribution in [0.4, 0.5) is 10.1 Å². The quantitative estimate of drug-likeness (QED) is 0.662. The fraction of sp³-hybridized carbons (Fsp3) is 0.348. The predicted molar refractivity (Wildman–Crippen MR) is 114 cm³/mol. The summed E-state index contributed by atoms with van der Waals surface area (Å²) in [4.78, 5) is 36.4. The van der Waals surface area contributed by atoms with Crippen LogP contribution in [0.2, 0.25) is 5.02 Å². The maximum atomic E-state index is 13.5. The number of Topliss-reactive ketones (excluding diaryl/α,β-unsaturated/α-hetero) is 1. The van der Waals surface area contributed by atoms with Crippen LogP contribution in [0.25, 0.3) is 0 Å². The summed E-state index contributed by atoms with van der Waals surface area (Å²) in [6.45, 7) is -0.205. The lowest BCUT2D eigenvalue weighted by molar-refractivity contribution is -0.162. The number of rotatable bonds is 7. The highest BCUT2D eigenvalue weighted by atomic mass is 35.5. The molecule has 0 spiro atoms. The number of ether oxygens (including phenoxy) is 2. The van der Waals surface area contributed by atoms with Crippen molar-refractivity contribution < 1.29 is 28.2 Å². The van der Waals surface area contributed by atoms with Gasteiger partial charge in [-0.1, -0.05) is 11.6 Å². The van der Waals surface area contributed by atoms with Crippen LogP contribution >= 0.6 is 11.6 Å². The van der Waals surface area contributed by atoms with Gasteiger partial charge < -0.3 is 20.1 Å². The first kappa shape index (κ1) is 20.8. The third-order valence-corrected chi connectivity index (χ3v) is 6.57. The lowest BCUT2D eigenvalue weighted by Crippen LogP contribution is -2.75. The van der Waals surface area contributed by atoms with Gasteiger partial charge in [0.25, 0.3) is 11.8 Å². The van der Waals surface area contributed by atoms with Crippen molar-refractivity contribution in [3.63, 3.8) is 0 Å². The Morgan fingerprint density at radius 1 is 1.19 bits per heavy atom. The fourth-order valence-corrected chi connectivity index (χ4v) is 5.16. The molecule has 6 rings (SSSR count). The highest BCUT2D eigenvalue weighted by Gasteiger charge is 2.68. The lowest BCUT2D eigenvalue weighted by Gasteiger charge is -2.70. The van der Waals surface area contributed by atoms with Crippen LogP contribution in [0.3, 0.4) is 0 Å². The van der Waals surface area contributed by atoms with Gasteiger partial charge in [0.15, 0.2) is 12.4 Å². The summed E-state index contributed by atoms with van der Waals surface area (Å²) in [6.07, 6.45) is 2.59. The first-order valence-electron chi connectivity index (χ1n) is 10.2. The zero-order valence-electron chi connectivity index (χ0n) is 17.0. The summed E-state index contributed by atoms with van der Waals surface area (Å²) in [6, 6.07) is 8.96. The van der Waals surface area contributed by atoms with Crippen molar-refractivity contribution in [3.05, 3.63) is 52.8 Å². The molecular weight excluding hydrogens is 439 g/mol. The molecule has 3 aliphatic carbocycles. The molecule has 2 aromatic rings. The van der Waals surface area contributed by atoms with Gasteiger partial charge in [-0.15, -0.1) is 0 Å². The van der Waals surface area contributed by atoms with E-state index in [0.717, 1.165) is 25.3 Å². The Morgan fingerprint density at radius 3 is 2.72 bits per heavy atom. The fourth-order valence-electron chi connectivity index (χ4n) is 5.05. The number of hydrogen-bond acceptors (Lipinski definition) is 5. The monoisotopic (exact) mass is 458 g/mol. The summed E-state index contributed by atoms with van der Waals surface area (Å²) in [5.41, 5.74) is 0.632. The number of halogens is 2. The number of carbonyl (C=O) groups is 3. The van der Waals surface area contributed by atoms with Crippen LogP contribution in [0.1, 0.15) is 36.0 Å². The maximum absolute atomic E-state index is 13.5. The summed E-state index contributed by atoms with van der Waals surface area (Å²) in [5, 5.41) is 5.77. The normalized spacial score (nSPS) is 24.8. The molecule has 3 fully saturated rings. The molecule has 2 N–H and O–H groups in total. The van der Waals surface area contributed by atoms with Gasteiger partial charge in [0, 0.05) is 23.6 Å². The lowest BCUT2D eigenvalue weighted by atomic mass is 9.38. The van der Waals surface area contributed by atoms with E-state index in [1.807, 2.05) is 0 Å². The van der Waals surface area contributed by atoms with E-state index in [0.29, 0.717) is 23.4 Å². The van der Waals surface area contributed by atoms with Crippen LogP contribution in [0.5, 0.6) is 11.5 Å². The van der Waals surface area contributed by atoms with Crippen LogP contribution < -0.4 is 20.1 Å². The smallest absolute Gasteiger partial charge is 0.262 e. The topological polar surface area (TPSA) is 93.7 Å². The maximum Gasteiger partial charge on any atom is 0.262 e. The highest BCUT2D eigenvalue weighted by molar-refractivity contribution is 6.30. The molecule has 0 aromatic heterocycles. The van der Waals surface area contributed by atoms with Crippen LogP contribution in [0, 0.1) is 11.2 Å². The molecule has 1 aliphatic heterocycles. The number of nitrogens with one attached hydrogen (secondary N) is 2. The molecule has 4 aliphatic rings. The van der Waals surface area contributed by atoms with Gasteiger partial charge in [0.2, 0.25) is 0 Å². The molecule has 1 heterocycles. The number of amides is 2. The molecular formula is C23H20ClFN2O5. The third-order valence-electron chi connectivity index (χ3n) is 6.26. The summed E-state index contributed by atoms with van der Waals surface area (Å²) >= 11 is 5.64. The Bertz CT molecular complexity index is 1130. The second-order valence-corrected chi connectivity index (χ2v) is 9.30. The van der Waals surface area contributed by atoms with Gasteiger partial charge in [-0.3, -0.25) is 14.4 Å². The van der Waals surface area contributed by atoms with E-state index >= 15 is 0 Å². The van der Waals surface area contributed by atoms with Gasteiger partial charge in [0.05, 0.1) is 10.7 Å². The number of benzene rings is 2. The molecule has 9 heteroatoms. The van der Waals surface area contributed by atoms with Crippen LogP contribution in [0.15, 0.2) is 36.4 Å². The van der Waals surface area contributed by atoms with E-state index < -0.39 is 5.82 Å². The minimum absolute atomic E-state index is 0.000398. The molecule has 7 nitrogen and oxygen atoms in total. The van der Waals surface area contributed by atoms with Crippen molar-refractivity contribution in [1.29, 1.82) is 0 Å². The zero-order chi connectivity index (χ0) is 22.5. The predicted octanol–water partition coefficient (Wildman–Crippen LogP) is 3.50. The number of anilines is 1. The van der Waals surface area contributed by atoms with Crippen molar-refractivity contribution in [3.8, 4) is 11.5 Å². The van der Waals surface area contributed by atoms with E-state index in [-0.39, 0.29) is 52.5 Å². The van der Waals surface area contributed by atoms with Gasteiger partial charge in [0.1, 0.15) is 23.9 Å². The molecule has 0 saturated heterocycles. The Hall–Kier alpha value is -3.13. The van der Waals surface area contributed by atoms with Crippen molar-refractivity contribution in [2.75, 3.05) is 18.5 Å². The molecule has 2 aromatic carbocycles. The minimum Gasteiger partial charge on any atom is -0.486 e. The Balaban J connectivity index is 1.11. The molecule has 2 amide bonds. The molecule has 2 bridgehead atoms. The van der Waals surface area contributed by atoms with Gasteiger partial charge >= 0.3 is 0 Å². The summed E-state index contributed by atoms with van der Waals surface area (Å²) < 4.78 is 24.2. The first-order chi connectivity index (χ1) is 15.2. The largest absolute Gasteiger partial charge is 0.486 e. The van der Waals surface area contributed by atoms with E-state index in [1.165, 1.54) is 12.1 Å². The number of hydrogen-bond donors (Lipinski definition) is 2. The summed E-state index contributed by atoms with van der Waals surface area (Å²) in [5.74, 6) is -0.361. The number of carbonyl (C=O) groups excluding carboxylic acids is 3. The number of ketones is 1. The minimum atomic E-state index is -0.594. The van der Waals surface area contributed by atoms with E-state index in [2.05, 4.69) is 10.6 Å². The molecule has 0 atom stereocenters. The number of fused-ring (bicyclic) bond motifs is 1. The second-order valence-electron chi connectivity index (χ2n) is 8.89. The Kier molecular flexibility index (Phi) is 4.85. The molecule has 166 valence electrons. The molecule has 3 saturated carbocycles. The zero-order valence-corrected chi connectivity index (χ0v) is 17.8. The first-order valence-corrected chi connectivity index (χ1v) is 10.6. The van der Waals surface area contributed by atoms with E-state index in [9.17, 15) is 18.8 Å².